The second-order valence-electron chi connectivity index (χ2n) is 8.57. The van der Waals surface area contributed by atoms with Crippen LogP contribution in [-0.4, -0.2) is 30.4 Å². The number of benzene rings is 3. The molecule has 0 aliphatic carbocycles. The minimum Gasteiger partial charge on any atom is -0.427 e. The lowest BCUT2D eigenvalue weighted by Crippen LogP contribution is -2.50. The van der Waals surface area contributed by atoms with Crippen molar-refractivity contribution in [2.45, 2.75) is 38.9 Å². The van der Waals surface area contributed by atoms with Gasteiger partial charge in [0.1, 0.15) is 0 Å². The molecule has 0 aliphatic heterocycles. The zero-order valence-electron chi connectivity index (χ0n) is 18.1. The predicted octanol–water partition coefficient (Wildman–Crippen LogP) is 5.90. The van der Waals surface area contributed by atoms with Gasteiger partial charge in [0, 0.05) is 28.6 Å². The van der Waals surface area contributed by atoms with Crippen LogP contribution < -0.4 is 5.46 Å². The van der Waals surface area contributed by atoms with Gasteiger partial charge in [0.05, 0.1) is 22.2 Å². The van der Waals surface area contributed by atoms with E-state index in [1.807, 2.05) is 39.8 Å². The van der Waals surface area contributed by atoms with Crippen molar-refractivity contribution in [3.63, 3.8) is 0 Å². The van der Waals surface area contributed by atoms with Crippen LogP contribution in [0.2, 0.25) is 5.02 Å². The fraction of sp³-hybridized carbons (Fsp3) is 0.280. The van der Waals surface area contributed by atoms with E-state index in [0.717, 1.165) is 22.2 Å². The molecular formula is C25H26BClNO2. The van der Waals surface area contributed by atoms with Crippen molar-refractivity contribution in [1.82, 2.24) is 4.57 Å². The Morgan fingerprint density at radius 3 is 1.93 bits per heavy atom. The van der Waals surface area contributed by atoms with E-state index in [0.29, 0.717) is 5.02 Å². The molecule has 4 aromatic rings. The topological polar surface area (TPSA) is 23.4 Å². The van der Waals surface area contributed by atoms with Crippen molar-refractivity contribution in [3.8, 4) is 5.69 Å². The van der Waals surface area contributed by atoms with E-state index >= 15 is 0 Å². The van der Waals surface area contributed by atoms with E-state index in [1.54, 1.807) is 14.6 Å². The summed E-state index contributed by atoms with van der Waals surface area (Å²) >= 11 is 6.52. The molecule has 5 heteroatoms. The second kappa shape index (κ2) is 7.77. The van der Waals surface area contributed by atoms with Gasteiger partial charge in [-0.1, -0.05) is 48.0 Å². The van der Waals surface area contributed by atoms with E-state index < -0.39 is 11.2 Å². The van der Waals surface area contributed by atoms with Gasteiger partial charge in [0.25, 0.3) is 0 Å². The molecule has 0 fully saturated rings. The average molecular weight is 419 g/mol. The first-order valence-corrected chi connectivity index (χ1v) is 10.5. The highest BCUT2D eigenvalue weighted by Crippen LogP contribution is 2.32. The van der Waals surface area contributed by atoms with E-state index in [1.165, 1.54) is 10.8 Å². The van der Waals surface area contributed by atoms with Gasteiger partial charge in [-0.2, -0.15) is 0 Å². The molecule has 1 aromatic heterocycles. The van der Waals surface area contributed by atoms with Crippen molar-refractivity contribution < 1.29 is 9.39 Å². The zero-order chi connectivity index (χ0) is 21.5. The molecule has 30 heavy (non-hydrogen) atoms. The summed E-state index contributed by atoms with van der Waals surface area (Å²) in [5.74, 6) is 0. The number of halogens is 1. The molecule has 3 aromatic carbocycles. The summed E-state index contributed by atoms with van der Waals surface area (Å²) in [6.07, 6.45) is 0. The zero-order valence-corrected chi connectivity index (χ0v) is 18.8. The SMILES string of the molecule is COC(C)(C)C(C)(C)O[B]c1cc(Cl)cc(-n2c3ccccc3c3ccccc32)c1. The Kier molecular flexibility index (Phi) is 5.44. The molecule has 0 N–H and O–H groups in total. The van der Waals surface area contributed by atoms with Crippen LogP contribution in [0.25, 0.3) is 27.5 Å². The van der Waals surface area contributed by atoms with Crippen LogP contribution in [-0.2, 0) is 9.39 Å². The Bertz CT molecular complexity index is 1160. The highest BCUT2D eigenvalue weighted by molar-refractivity contribution is 6.48. The van der Waals surface area contributed by atoms with Gasteiger partial charge < -0.3 is 14.0 Å². The van der Waals surface area contributed by atoms with Crippen LogP contribution >= 0.6 is 11.6 Å². The Morgan fingerprint density at radius 1 is 0.800 bits per heavy atom. The summed E-state index contributed by atoms with van der Waals surface area (Å²) in [5.41, 5.74) is 3.23. The smallest absolute Gasteiger partial charge is 0.331 e. The molecule has 0 amide bonds. The summed E-state index contributed by atoms with van der Waals surface area (Å²) in [6, 6.07) is 22.9. The van der Waals surface area contributed by atoms with Crippen molar-refractivity contribution in [2.24, 2.45) is 0 Å². The Labute approximate surface area is 183 Å². The lowest BCUT2D eigenvalue weighted by molar-refractivity contribution is -0.114. The highest BCUT2D eigenvalue weighted by Gasteiger charge is 2.37. The number of hydrogen-bond donors (Lipinski definition) is 0. The maximum Gasteiger partial charge on any atom is 0.331 e. The maximum atomic E-state index is 6.52. The molecule has 0 bridgehead atoms. The van der Waals surface area contributed by atoms with E-state index in [4.69, 9.17) is 21.0 Å². The molecule has 0 saturated carbocycles. The largest absolute Gasteiger partial charge is 0.427 e. The second-order valence-corrected chi connectivity index (χ2v) is 9.01. The third kappa shape index (κ3) is 3.64. The molecule has 1 heterocycles. The van der Waals surface area contributed by atoms with Crippen LogP contribution in [0, 0.1) is 0 Å². The summed E-state index contributed by atoms with van der Waals surface area (Å²) in [5, 5.41) is 3.10. The van der Waals surface area contributed by atoms with Gasteiger partial charge in [0.15, 0.2) is 0 Å². The molecule has 4 rings (SSSR count). The van der Waals surface area contributed by atoms with Crippen LogP contribution in [0.5, 0.6) is 0 Å². The molecule has 0 saturated heterocycles. The summed E-state index contributed by atoms with van der Waals surface area (Å²) < 4.78 is 14.0. The van der Waals surface area contributed by atoms with Gasteiger partial charge in [-0.3, -0.25) is 0 Å². The molecule has 0 aliphatic rings. The molecular weight excluding hydrogens is 393 g/mol. The quantitative estimate of drug-likeness (QED) is 0.364. The van der Waals surface area contributed by atoms with Gasteiger partial charge in [-0.05, 0) is 63.5 Å². The van der Waals surface area contributed by atoms with E-state index in [9.17, 15) is 0 Å². The Hall–Kier alpha value is -2.27. The van der Waals surface area contributed by atoms with Gasteiger partial charge in [-0.25, -0.2) is 0 Å². The number of nitrogens with zero attached hydrogens (tertiary/aromatic N) is 1. The molecule has 0 spiro atoms. The third-order valence-electron chi connectivity index (χ3n) is 6.19. The first kappa shape index (κ1) is 21.0. The van der Waals surface area contributed by atoms with Gasteiger partial charge in [0.2, 0.25) is 0 Å². The first-order valence-electron chi connectivity index (χ1n) is 10.1. The Morgan fingerprint density at radius 2 is 1.37 bits per heavy atom. The van der Waals surface area contributed by atoms with Crippen molar-refractivity contribution in [3.05, 3.63) is 71.8 Å². The number of fused-ring (bicyclic) bond motifs is 3. The molecule has 0 unspecified atom stereocenters. The summed E-state index contributed by atoms with van der Waals surface area (Å²) in [7, 11) is 3.47. The number of rotatable bonds is 6. The number of ether oxygens (including phenoxy) is 1. The first-order chi connectivity index (χ1) is 14.2. The maximum absolute atomic E-state index is 6.52. The highest BCUT2D eigenvalue weighted by atomic mass is 35.5. The lowest BCUT2D eigenvalue weighted by Gasteiger charge is -2.40. The predicted molar refractivity (Wildman–Crippen MR) is 127 cm³/mol. The van der Waals surface area contributed by atoms with Crippen LogP contribution in [0.15, 0.2) is 66.7 Å². The number of methoxy groups -OCH3 is 1. The third-order valence-corrected chi connectivity index (χ3v) is 6.41. The number of para-hydroxylation sites is 2. The van der Waals surface area contributed by atoms with Crippen LogP contribution in [0.1, 0.15) is 27.7 Å². The van der Waals surface area contributed by atoms with Gasteiger partial charge in [-0.15, -0.1) is 0 Å². The standard InChI is InChI=1S/C25H26BClNO2/c1-24(2,29-5)25(3,4)30-26-17-14-18(27)16-19(15-17)28-22-12-8-6-10-20(22)21-11-7-9-13-23(21)28/h6-16H,1-5H3. The molecule has 0 atom stereocenters. The Balaban J connectivity index is 1.78. The van der Waals surface area contributed by atoms with E-state index in [-0.39, 0.29) is 0 Å². The summed E-state index contributed by atoms with van der Waals surface area (Å²) in [6.45, 7) is 8.07. The van der Waals surface area contributed by atoms with Crippen molar-refractivity contribution >= 4 is 46.4 Å². The monoisotopic (exact) mass is 418 g/mol. The minimum absolute atomic E-state index is 0.447. The fourth-order valence-electron chi connectivity index (χ4n) is 3.60. The molecule has 153 valence electrons. The molecule has 1 radical (unpaired) electrons. The van der Waals surface area contributed by atoms with Crippen molar-refractivity contribution in [2.75, 3.05) is 7.11 Å². The average Bonchev–Trinajstić information content (AvgIpc) is 3.06. The van der Waals surface area contributed by atoms with Gasteiger partial charge >= 0.3 is 7.48 Å². The normalized spacial score (nSPS) is 12.6. The number of aromatic nitrogens is 1. The van der Waals surface area contributed by atoms with Crippen molar-refractivity contribution in [1.29, 1.82) is 0 Å². The van der Waals surface area contributed by atoms with Crippen LogP contribution in [0.3, 0.4) is 0 Å². The summed E-state index contributed by atoms with van der Waals surface area (Å²) in [4.78, 5) is 0. The number of hydrogen-bond acceptors (Lipinski definition) is 2. The van der Waals surface area contributed by atoms with E-state index in [2.05, 4.69) is 59.2 Å². The fourth-order valence-corrected chi connectivity index (χ4v) is 3.83. The van der Waals surface area contributed by atoms with Crippen LogP contribution in [0.4, 0.5) is 0 Å². The molecule has 3 nitrogen and oxygen atoms in total. The lowest BCUT2D eigenvalue weighted by atomic mass is 9.82. The minimum atomic E-state index is -0.517.